The van der Waals surface area contributed by atoms with Gasteiger partial charge in [-0.25, -0.2) is 14.2 Å². The highest BCUT2D eigenvalue weighted by Gasteiger charge is 2.56. The van der Waals surface area contributed by atoms with Gasteiger partial charge in [0.05, 0.1) is 12.3 Å². The average Bonchev–Trinajstić information content (AvgIpc) is 3.23. The summed E-state index contributed by atoms with van der Waals surface area (Å²) in [5.74, 6) is -3.03. The lowest BCUT2D eigenvalue weighted by atomic mass is 9.74. The molecule has 2 aliphatic rings. The van der Waals surface area contributed by atoms with Gasteiger partial charge in [0.2, 0.25) is 11.8 Å². The van der Waals surface area contributed by atoms with Gasteiger partial charge >= 0.3 is 12.3 Å². The van der Waals surface area contributed by atoms with E-state index in [9.17, 15) is 47.0 Å². The Kier molecular flexibility index (Phi) is 9.99. The van der Waals surface area contributed by atoms with Crippen LogP contribution in [0.5, 0.6) is 0 Å². The maximum atomic E-state index is 14.1. The van der Waals surface area contributed by atoms with Crippen LogP contribution >= 0.6 is 0 Å². The minimum Gasteiger partial charge on any atom is -0.465 e. The van der Waals surface area contributed by atoms with E-state index >= 15 is 0 Å². The quantitative estimate of drug-likeness (QED) is 0.271. The summed E-state index contributed by atoms with van der Waals surface area (Å²) in [6.07, 6.45) is -4.90. The Labute approximate surface area is 261 Å². The number of alkyl halides is 3. The third kappa shape index (κ3) is 7.78. The number of nitrogens with one attached hydrogen (secondary N) is 2. The molecule has 0 aliphatic carbocycles. The molecule has 4 amide bonds. The summed E-state index contributed by atoms with van der Waals surface area (Å²) < 4.78 is 53.9. The first kappa shape index (κ1) is 34.3. The van der Waals surface area contributed by atoms with Crippen LogP contribution in [-0.4, -0.2) is 92.0 Å². The van der Waals surface area contributed by atoms with Crippen LogP contribution in [0.1, 0.15) is 43.5 Å². The van der Waals surface area contributed by atoms with Gasteiger partial charge in [-0.1, -0.05) is 12.1 Å². The van der Waals surface area contributed by atoms with Gasteiger partial charge in [0.1, 0.15) is 29.4 Å². The maximum Gasteiger partial charge on any atom is 0.408 e. The van der Waals surface area contributed by atoms with Crippen molar-refractivity contribution in [2.24, 2.45) is 10.5 Å². The third-order valence-electron chi connectivity index (χ3n) is 8.00. The van der Waals surface area contributed by atoms with Crippen LogP contribution < -0.4 is 10.6 Å². The highest BCUT2D eigenvalue weighted by molar-refractivity contribution is 6.14. The monoisotopic (exact) mass is 650 g/mol. The highest BCUT2D eigenvalue weighted by atomic mass is 19.4. The van der Waals surface area contributed by atoms with Crippen LogP contribution in [0, 0.1) is 11.2 Å². The van der Waals surface area contributed by atoms with E-state index in [-0.39, 0.29) is 50.0 Å². The second-order valence-electron chi connectivity index (χ2n) is 11.8. The number of nitrogens with zero attached hydrogens (tertiary/aromatic N) is 4. The van der Waals surface area contributed by atoms with Gasteiger partial charge in [-0.2, -0.15) is 18.3 Å². The number of pyridine rings is 1. The lowest BCUT2D eigenvalue weighted by Gasteiger charge is -2.41. The fourth-order valence-corrected chi connectivity index (χ4v) is 5.69. The topological polar surface area (TPSA) is 165 Å². The number of piperidine rings is 1. The number of likely N-dealkylation sites (tertiary alicyclic amines) is 1. The number of halogens is 4. The molecule has 2 unspecified atom stereocenters. The van der Waals surface area contributed by atoms with Crippen molar-refractivity contribution in [3.63, 3.8) is 0 Å². The molecule has 1 fully saturated rings. The Balaban J connectivity index is 1.65. The largest absolute Gasteiger partial charge is 0.465 e. The van der Waals surface area contributed by atoms with Gasteiger partial charge in [-0.3, -0.25) is 19.4 Å². The number of fused-ring (bicyclic) bond motifs is 1. The predicted octanol–water partition coefficient (Wildman–Crippen LogP) is 2.40. The second-order valence-corrected chi connectivity index (χ2v) is 11.8. The molecule has 2 atom stereocenters. The number of aryl methyl sites for hydroxylation is 1. The molecule has 46 heavy (non-hydrogen) atoms. The Hall–Kier alpha value is -4.60. The molecule has 12 nitrogen and oxygen atoms in total. The van der Waals surface area contributed by atoms with Gasteiger partial charge < -0.3 is 25.7 Å². The van der Waals surface area contributed by atoms with E-state index in [0.29, 0.717) is 16.3 Å². The van der Waals surface area contributed by atoms with Crippen LogP contribution in [0.4, 0.5) is 22.4 Å². The van der Waals surface area contributed by atoms with E-state index in [1.807, 2.05) is 0 Å². The normalized spacial score (nSPS) is 18.9. The number of benzene rings is 1. The molecule has 0 radical (unpaired) electrons. The molecule has 0 bridgehead atoms. The Bertz CT molecular complexity index is 1520. The predicted molar refractivity (Wildman–Crippen MR) is 155 cm³/mol. The molecule has 0 saturated carbocycles. The number of aliphatic hydroxyl groups excluding tert-OH is 1. The molecule has 1 aromatic heterocycles. The lowest BCUT2D eigenvalue weighted by Crippen LogP contribution is -2.62. The molecule has 2 aromatic rings. The van der Waals surface area contributed by atoms with Gasteiger partial charge in [0.15, 0.2) is 0 Å². The highest BCUT2D eigenvalue weighted by Crippen LogP contribution is 2.39. The van der Waals surface area contributed by atoms with Crippen LogP contribution in [0.2, 0.25) is 0 Å². The van der Waals surface area contributed by atoms with Crippen molar-refractivity contribution in [1.82, 2.24) is 25.5 Å². The van der Waals surface area contributed by atoms with Gasteiger partial charge in [0, 0.05) is 37.8 Å². The van der Waals surface area contributed by atoms with Crippen molar-refractivity contribution < 1.29 is 47.0 Å². The molecule has 4 N–H and O–H groups in total. The van der Waals surface area contributed by atoms with E-state index in [2.05, 4.69) is 20.7 Å². The number of amides is 4. The van der Waals surface area contributed by atoms with E-state index in [0.717, 1.165) is 6.07 Å². The fourth-order valence-electron chi connectivity index (χ4n) is 5.69. The molecule has 1 saturated heterocycles. The first-order valence-corrected chi connectivity index (χ1v) is 14.4. The van der Waals surface area contributed by atoms with Gasteiger partial charge in [0.25, 0.3) is 5.91 Å². The summed E-state index contributed by atoms with van der Waals surface area (Å²) in [5, 5.41) is 27.9. The Morgan fingerprint density at radius 1 is 1.13 bits per heavy atom. The SMILES string of the molecule is CC(C)(NC(=O)O)C(=O)NC(CCc1ccc(F)cc1CO)C(=O)N1CCC2=NN(CC(F)(F)F)C(=O)C2(Cc2ccccn2)C1. The minimum absolute atomic E-state index is 0.0297. The van der Waals surface area contributed by atoms with Gasteiger partial charge in [-0.15, -0.1) is 0 Å². The van der Waals surface area contributed by atoms with Crippen molar-refractivity contribution in [1.29, 1.82) is 0 Å². The zero-order valence-electron chi connectivity index (χ0n) is 25.1. The van der Waals surface area contributed by atoms with Crippen LogP contribution in [0.25, 0.3) is 0 Å². The van der Waals surface area contributed by atoms with Crippen LogP contribution in [0.3, 0.4) is 0 Å². The molecule has 1 aromatic carbocycles. The molecule has 3 heterocycles. The molecule has 2 aliphatic heterocycles. The van der Waals surface area contributed by atoms with Crippen molar-refractivity contribution in [2.45, 2.75) is 63.9 Å². The first-order chi connectivity index (χ1) is 21.5. The summed E-state index contributed by atoms with van der Waals surface area (Å²) >= 11 is 0. The number of aliphatic hydroxyl groups is 1. The van der Waals surface area contributed by atoms with Crippen molar-refractivity contribution in [3.05, 3.63) is 65.2 Å². The van der Waals surface area contributed by atoms with E-state index in [1.54, 1.807) is 18.2 Å². The van der Waals surface area contributed by atoms with E-state index in [4.69, 9.17) is 0 Å². The number of hydrazone groups is 1. The molecular weight excluding hydrogens is 616 g/mol. The fraction of sp³-hybridized carbons (Fsp3) is 0.467. The number of rotatable bonds is 11. The average molecular weight is 651 g/mol. The van der Waals surface area contributed by atoms with Crippen molar-refractivity contribution >= 4 is 29.5 Å². The number of hydrogen-bond acceptors (Lipinski definition) is 7. The second kappa shape index (κ2) is 13.4. The molecule has 4 rings (SSSR count). The molecule has 0 spiro atoms. The van der Waals surface area contributed by atoms with E-state index < -0.39 is 66.0 Å². The van der Waals surface area contributed by atoms with Crippen LogP contribution in [-0.2, 0) is 33.8 Å². The Morgan fingerprint density at radius 2 is 1.87 bits per heavy atom. The number of carbonyl (C=O) groups is 4. The summed E-state index contributed by atoms with van der Waals surface area (Å²) in [5.41, 5.74) is -1.98. The molecule has 16 heteroatoms. The van der Waals surface area contributed by atoms with Crippen molar-refractivity contribution in [2.75, 3.05) is 19.6 Å². The van der Waals surface area contributed by atoms with E-state index in [1.165, 1.54) is 37.1 Å². The number of aromatic nitrogens is 1. The Morgan fingerprint density at radius 3 is 2.50 bits per heavy atom. The number of carbonyl (C=O) groups excluding carboxylic acids is 3. The number of hydrogen-bond donors (Lipinski definition) is 4. The minimum atomic E-state index is -4.73. The van der Waals surface area contributed by atoms with Gasteiger partial charge in [-0.05, 0) is 62.1 Å². The molecule has 248 valence electrons. The zero-order chi connectivity index (χ0) is 33.9. The van der Waals surface area contributed by atoms with Crippen molar-refractivity contribution in [3.8, 4) is 0 Å². The lowest BCUT2D eigenvalue weighted by molar-refractivity contribution is -0.164. The maximum absolute atomic E-state index is 14.1. The van der Waals surface area contributed by atoms with Crippen LogP contribution in [0.15, 0.2) is 47.7 Å². The summed E-state index contributed by atoms with van der Waals surface area (Å²) in [6.45, 7) is 0.1000. The third-order valence-corrected chi connectivity index (χ3v) is 8.00. The number of carboxylic acid groups (broad SMARTS) is 1. The summed E-state index contributed by atoms with van der Waals surface area (Å²) in [6, 6.07) is 7.34. The summed E-state index contributed by atoms with van der Waals surface area (Å²) in [4.78, 5) is 57.8. The zero-order valence-corrected chi connectivity index (χ0v) is 25.1. The molecular formula is C30H34F4N6O6. The smallest absolute Gasteiger partial charge is 0.408 e. The summed E-state index contributed by atoms with van der Waals surface area (Å²) in [7, 11) is 0. The first-order valence-electron chi connectivity index (χ1n) is 14.4. The standard InChI is InChI=1S/C30H34F4N6O6/c1-28(2,37-27(45)46)25(43)36-22(9-7-18-6-8-20(31)13-19(18)15-41)24(42)39-12-10-23-29(16-39,14-21-5-3-4-11-35-21)26(44)40(38-23)17-30(32,33)34/h3-6,8,11,13,22,37,41H,7,9-10,12,14-17H2,1-2H3,(H,36,43)(H,45,46).